The van der Waals surface area contributed by atoms with Crippen molar-refractivity contribution in [2.75, 3.05) is 20.2 Å². The van der Waals surface area contributed by atoms with Crippen LogP contribution in [0.5, 0.6) is 5.75 Å². The third-order valence-electron chi connectivity index (χ3n) is 3.48. The van der Waals surface area contributed by atoms with E-state index in [1.165, 1.54) is 0 Å². The predicted molar refractivity (Wildman–Crippen MR) is 74.2 cm³/mol. The van der Waals surface area contributed by atoms with Crippen molar-refractivity contribution < 1.29 is 9.26 Å². The topological polar surface area (TPSA) is 77.4 Å². The summed E-state index contributed by atoms with van der Waals surface area (Å²) < 4.78 is 10.4. The van der Waals surface area contributed by atoms with Gasteiger partial charge < -0.3 is 15.0 Å². The van der Waals surface area contributed by atoms with Crippen molar-refractivity contribution in [3.05, 3.63) is 30.2 Å². The van der Waals surface area contributed by atoms with Crippen molar-refractivity contribution >= 4 is 0 Å². The Labute approximate surface area is 117 Å². The Morgan fingerprint density at radius 1 is 1.40 bits per heavy atom. The van der Waals surface area contributed by atoms with Gasteiger partial charge in [-0.2, -0.15) is 4.98 Å². The number of benzene rings is 1. The van der Waals surface area contributed by atoms with E-state index in [0.29, 0.717) is 18.3 Å². The van der Waals surface area contributed by atoms with Gasteiger partial charge in [0.1, 0.15) is 5.75 Å². The standard InChI is InChI=1S/C14H18N4O2/c1-19-12-4-2-10(3-5-12)14-16-13(20-17-14)9-18-7-6-11(15)8-18/h2-5,11H,6-9,15H2,1H3/t11-/m0/s1. The van der Waals surface area contributed by atoms with Crippen LogP contribution >= 0.6 is 0 Å². The van der Waals surface area contributed by atoms with Gasteiger partial charge in [0, 0.05) is 24.7 Å². The zero-order chi connectivity index (χ0) is 13.9. The molecule has 1 aliphatic rings. The molecule has 2 N–H and O–H groups in total. The molecule has 1 atom stereocenters. The lowest BCUT2D eigenvalue weighted by atomic mass is 10.2. The number of hydrogen-bond donors (Lipinski definition) is 1. The predicted octanol–water partition coefficient (Wildman–Crippen LogP) is 1.28. The molecule has 0 unspecified atom stereocenters. The Balaban J connectivity index is 1.69. The maximum absolute atomic E-state index is 5.88. The van der Waals surface area contributed by atoms with Crippen molar-refractivity contribution in [1.82, 2.24) is 15.0 Å². The van der Waals surface area contributed by atoms with Gasteiger partial charge in [-0.25, -0.2) is 0 Å². The van der Waals surface area contributed by atoms with E-state index in [1.807, 2.05) is 24.3 Å². The highest BCUT2D eigenvalue weighted by atomic mass is 16.5. The van der Waals surface area contributed by atoms with Crippen LogP contribution in [0.15, 0.2) is 28.8 Å². The van der Waals surface area contributed by atoms with Crippen LogP contribution in [0.4, 0.5) is 0 Å². The van der Waals surface area contributed by atoms with Gasteiger partial charge >= 0.3 is 0 Å². The largest absolute Gasteiger partial charge is 0.497 e. The fourth-order valence-corrected chi connectivity index (χ4v) is 2.37. The highest BCUT2D eigenvalue weighted by molar-refractivity contribution is 5.55. The summed E-state index contributed by atoms with van der Waals surface area (Å²) in [5.74, 6) is 2.04. The first-order chi connectivity index (χ1) is 9.74. The van der Waals surface area contributed by atoms with Crippen LogP contribution in [0.3, 0.4) is 0 Å². The molecule has 6 heteroatoms. The summed E-state index contributed by atoms with van der Waals surface area (Å²) in [7, 11) is 1.64. The Bertz CT molecular complexity index is 567. The van der Waals surface area contributed by atoms with Crippen LogP contribution < -0.4 is 10.5 Å². The summed E-state index contributed by atoms with van der Waals surface area (Å²) in [6.45, 7) is 2.54. The molecule has 106 valence electrons. The third-order valence-corrected chi connectivity index (χ3v) is 3.48. The maximum Gasteiger partial charge on any atom is 0.241 e. The van der Waals surface area contributed by atoms with Gasteiger partial charge in [-0.1, -0.05) is 5.16 Å². The second-order valence-corrected chi connectivity index (χ2v) is 5.02. The van der Waals surface area contributed by atoms with E-state index >= 15 is 0 Å². The summed E-state index contributed by atoms with van der Waals surface area (Å²) in [6.07, 6.45) is 1.03. The molecular weight excluding hydrogens is 256 g/mol. The fourth-order valence-electron chi connectivity index (χ4n) is 2.37. The van der Waals surface area contributed by atoms with E-state index in [9.17, 15) is 0 Å². The Kier molecular flexibility index (Phi) is 3.66. The Morgan fingerprint density at radius 2 is 2.20 bits per heavy atom. The van der Waals surface area contributed by atoms with Gasteiger partial charge in [0.2, 0.25) is 11.7 Å². The zero-order valence-electron chi connectivity index (χ0n) is 11.5. The van der Waals surface area contributed by atoms with Crippen molar-refractivity contribution in [3.8, 4) is 17.1 Å². The Morgan fingerprint density at radius 3 is 2.85 bits per heavy atom. The van der Waals surface area contributed by atoms with Crippen molar-refractivity contribution in [2.24, 2.45) is 5.73 Å². The molecule has 0 aliphatic carbocycles. The smallest absolute Gasteiger partial charge is 0.241 e. The molecule has 1 aliphatic heterocycles. The van der Waals surface area contributed by atoms with Gasteiger partial charge in [-0.3, -0.25) is 4.90 Å². The first kappa shape index (κ1) is 13.1. The first-order valence-corrected chi connectivity index (χ1v) is 6.69. The number of ether oxygens (including phenoxy) is 1. The summed E-state index contributed by atoms with van der Waals surface area (Å²) >= 11 is 0. The number of hydrogen-bond acceptors (Lipinski definition) is 6. The lowest BCUT2D eigenvalue weighted by molar-refractivity contribution is 0.265. The first-order valence-electron chi connectivity index (χ1n) is 6.69. The molecule has 1 saturated heterocycles. The van der Waals surface area contributed by atoms with Crippen LogP contribution in [0, 0.1) is 0 Å². The molecule has 1 aromatic heterocycles. The van der Waals surface area contributed by atoms with Gasteiger partial charge in [-0.15, -0.1) is 0 Å². The molecule has 0 saturated carbocycles. The molecule has 1 fully saturated rings. The molecule has 0 amide bonds. The number of nitrogens with two attached hydrogens (primary N) is 1. The van der Waals surface area contributed by atoms with Gasteiger partial charge in [-0.05, 0) is 30.7 Å². The lowest BCUT2D eigenvalue weighted by Crippen LogP contribution is -2.26. The zero-order valence-corrected chi connectivity index (χ0v) is 11.5. The van der Waals surface area contributed by atoms with E-state index in [-0.39, 0.29) is 6.04 Å². The minimum Gasteiger partial charge on any atom is -0.497 e. The number of likely N-dealkylation sites (tertiary alicyclic amines) is 1. The minimum absolute atomic E-state index is 0.263. The molecule has 20 heavy (non-hydrogen) atoms. The van der Waals surface area contributed by atoms with Crippen LogP contribution in [0.1, 0.15) is 12.3 Å². The lowest BCUT2D eigenvalue weighted by Gasteiger charge is -2.10. The van der Waals surface area contributed by atoms with Crippen LogP contribution in [-0.4, -0.2) is 41.3 Å². The van der Waals surface area contributed by atoms with E-state index in [0.717, 1.165) is 30.8 Å². The number of aromatic nitrogens is 2. The van der Waals surface area contributed by atoms with Crippen molar-refractivity contribution in [3.63, 3.8) is 0 Å². The average Bonchev–Trinajstić information content (AvgIpc) is 3.09. The molecule has 2 heterocycles. The van der Waals surface area contributed by atoms with Crippen LogP contribution in [0.25, 0.3) is 11.4 Å². The summed E-state index contributed by atoms with van der Waals surface area (Å²) in [6, 6.07) is 7.85. The molecule has 6 nitrogen and oxygen atoms in total. The highest BCUT2D eigenvalue weighted by Crippen LogP contribution is 2.20. The molecule has 0 radical (unpaired) electrons. The number of rotatable bonds is 4. The van der Waals surface area contributed by atoms with E-state index < -0.39 is 0 Å². The third kappa shape index (κ3) is 2.81. The SMILES string of the molecule is COc1ccc(-c2noc(CN3CC[C@H](N)C3)n2)cc1. The molecule has 3 rings (SSSR count). The molecule has 2 aromatic rings. The molecule has 0 bridgehead atoms. The minimum atomic E-state index is 0.263. The van der Waals surface area contributed by atoms with Crippen molar-refractivity contribution in [1.29, 1.82) is 0 Å². The van der Waals surface area contributed by atoms with Gasteiger partial charge in [0.15, 0.2) is 0 Å². The average molecular weight is 274 g/mol. The number of methoxy groups -OCH3 is 1. The second-order valence-electron chi connectivity index (χ2n) is 5.02. The molecular formula is C14H18N4O2. The van der Waals surface area contributed by atoms with Gasteiger partial charge in [0.25, 0.3) is 0 Å². The van der Waals surface area contributed by atoms with E-state index in [2.05, 4.69) is 15.0 Å². The van der Waals surface area contributed by atoms with Crippen LogP contribution in [0.2, 0.25) is 0 Å². The van der Waals surface area contributed by atoms with E-state index in [1.54, 1.807) is 7.11 Å². The molecule has 0 spiro atoms. The van der Waals surface area contributed by atoms with Gasteiger partial charge in [0.05, 0.1) is 13.7 Å². The summed E-state index contributed by atoms with van der Waals surface area (Å²) in [5, 5.41) is 4.02. The fraction of sp³-hybridized carbons (Fsp3) is 0.429. The van der Waals surface area contributed by atoms with E-state index in [4.69, 9.17) is 15.0 Å². The summed E-state index contributed by atoms with van der Waals surface area (Å²) in [5.41, 5.74) is 6.80. The monoisotopic (exact) mass is 274 g/mol. The second kappa shape index (κ2) is 5.60. The quantitative estimate of drug-likeness (QED) is 0.905. The van der Waals surface area contributed by atoms with Crippen LogP contribution in [-0.2, 0) is 6.54 Å². The Hall–Kier alpha value is -1.92. The van der Waals surface area contributed by atoms with Crippen molar-refractivity contribution in [2.45, 2.75) is 19.0 Å². The molecule has 1 aromatic carbocycles. The summed E-state index contributed by atoms with van der Waals surface area (Å²) in [4.78, 5) is 6.66. The maximum atomic E-state index is 5.88. The number of nitrogens with zero attached hydrogens (tertiary/aromatic N) is 3. The highest BCUT2D eigenvalue weighted by Gasteiger charge is 2.21. The normalized spacial score (nSPS) is 19.4.